The zero-order valence-electron chi connectivity index (χ0n) is 43.0. The number of fused-ring (bicyclic) bond motifs is 12. The van der Waals surface area contributed by atoms with Gasteiger partial charge in [-0.25, -0.2) is 0 Å². The first-order chi connectivity index (χ1) is 36.0. The van der Waals surface area contributed by atoms with E-state index in [9.17, 15) is 0 Å². The van der Waals surface area contributed by atoms with Gasteiger partial charge in [-0.3, -0.25) is 9.97 Å². The number of nitrogens with zero attached hydrogens (tertiary/aromatic N) is 4. The fraction of sp³-hybridized carbons (Fsp3) is 0.257. The Kier molecular flexibility index (Phi) is 7.40. The van der Waals surface area contributed by atoms with Crippen molar-refractivity contribution < 1.29 is 0 Å². The van der Waals surface area contributed by atoms with Gasteiger partial charge < -0.3 is 8.80 Å². The smallest absolute Gasteiger partial charge is 0.0728 e. The predicted octanol–water partition coefficient (Wildman–Crippen LogP) is 17.1. The average Bonchev–Trinajstić information content (AvgIpc) is 4.32. The Balaban J connectivity index is 1.02. The average molecular weight is 953 g/mol. The fourth-order valence-electron chi connectivity index (χ4n) is 16.5. The van der Waals surface area contributed by atoms with Gasteiger partial charge in [0.2, 0.25) is 0 Å². The molecule has 0 N–H and O–H groups in total. The van der Waals surface area contributed by atoms with E-state index in [1.807, 2.05) is 0 Å². The van der Waals surface area contributed by atoms with Crippen LogP contribution in [0.1, 0.15) is 175 Å². The van der Waals surface area contributed by atoms with Gasteiger partial charge in [0.05, 0.1) is 68.7 Å². The van der Waals surface area contributed by atoms with Crippen LogP contribution in [0.3, 0.4) is 0 Å². The first-order valence-electron chi connectivity index (χ1n) is 27.6. The maximum absolute atomic E-state index is 5.68. The van der Waals surface area contributed by atoms with E-state index >= 15 is 0 Å². The third kappa shape index (κ3) is 4.76. The summed E-state index contributed by atoms with van der Waals surface area (Å²) in [5.41, 5.74) is 28.8. The summed E-state index contributed by atoms with van der Waals surface area (Å²) in [6, 6.07) is 49.9. The van der Waals surface area contributed by atoms with Crippen molar-refractivity contribution in [3.8, 4) is 0 Å². The summed E-state index contributed by atoms with van der Waals surface area (Å²) in [7, 11) is 0. The molecule has 0 radical (unpaired) electrons. The number of hydrogen-bond donors (Lipinski definition) is 0. The lowest BCUT2D eigenvalue weighted by Gasteiger charge is -2.41. The molecule has 13 aromatic rings. The zero-order chi connectivity index (χ0) is 49.0. The Labute approximate surface area is 430 Å². The van der Waals surface area contributed by atoms with Gasteiger partial charge in [-0.2, -0.15) is 0 Å². The van der Waals surface area contributed by atoms with Crippen molar-refractivity contribution in [2.45, 2.75) is 108 Å². The Hall–Kier alpha value is -7.56. The lowest BCUT2D eigenvalue weighted by atomic mass is 9.62. The first kappa shape index (κ1) is 40.9. The maximum atomic E-state index is 5.68. The van der Waals surface area contributed by atoms with Crippen molar-refractivity contribution in [2.75, 3.05) is 0 Å². The summed E-state index contributed by atoms with van der Waals surface area (Å²) in [6.07, 6.45) is 10.8. The van der Waals surface area contributed by atoms with Gasteiger partial charge in [0.1, 0.15) is 0 Å². The highest BCUT2D eigenvalue weighted by Crippen LogP contribution is 2.61. The summed E-state index contributed by atoms with van der Waals surface area (Å²) < 4.78 is 5.42. The topological polar surface area (TPSA) is 34.6 Å². The van der Waals surface area contributed by atoms with Gasteiger partial charge in [0, 0.05) is 54.9 Å². The van der Waals surface area contributed by atoms with Gasteiger partial charge in [0.15, 0.2) is 0 Å². The summed E-state index contributed by atoms with van der Waals surface area (Å²) in [6.45, 7) is 14.4. The zero-order valence-corrected chi connectivity index (χ0v) is 43.0. The van der Waals surface area contributed by atoms with Gasteiger partial charge in [-0.05, 0) is 126 Å². The second-order valence-electron chi connectivity index (χ2n) is 25.4. The molecule has 7 aromatic carbocycles. The molecule has 20 rings (SSSR count). The predicted molar refractivity (Wildman–Crippen MR) is 304 cm³/mol. The number of rotatable bonds is 2. The van der Waals surface area contributed by atoms with E-state index in [1.54, 1.807) is 0 Å². The lowest BCUT2D eigenvalue weighted by molar-refractivity contribution is 0.550. The molecular weight excluding hydrogens is 897 g/mol. The summed E-state index contributed by atoms with van der Waals surface area (Å²) in [4.78, 5) is 11.3. The van der Waals surface area contributed by atoms with E-state index in [2.05, 4.69) is 190 Å². The van der Waals surface area contributed by atoms with Crippen molar-refractivity contribution in [2.24, 2.45) is 5.92 Å². The summed E-state index contributed by atoms with van der Waals surface area (Å²) in [5, 5.41) is 11.1. The molecule has 6 aromatic heterocycles. The molecule has 74 heavy (non-hydrogen) atoms. The minimum absolute atomic E-state index is 0.0691. The van der Waals surface area contributed by atoms with E-state index in [1.165, 1.54) is 186 Å². The maximum Gasteiger partial charge on any atom is 0.0728 e. The normalized spacial score (nSPS) is 19.8. The molecule has 0 atom stereocenters. The molecule has 356 valence electrons. The van der Waals surface area contributed by atoms with Crippen LogP contribution in [0.25, 0.3) is 76.2 Å². The lowest BCUT2D eigenvalue weighted by Crippen LogP contribution is -2.28. The van der Waals surface area contributed by atoms with E-state index in [0.29, 0.717) is 5.92 Å². The number of hydrogen-bond acceptors (Lipinski definition) is 2. The van der Waals surface area contributed by atoms with Crippen molar-refractivity contribution in [3.05, 3.63) is 224 Å². The molecule has 0 amide bonds. The van der Waals surface area contributed by atoms with Crippen LogP contribution in [-0.2, 0) is 17.3 Å². The van der Waals surface area contributed by atoms with Crippen molar-refractivity contribution in [3.63, 3.8) is 0 Å². The van der Waals surface area contributed by atoms with E-state index in [0.717, 1.165) is 6.42 Å². The second kappa shape index (κ2) is 13.4. The monoisotopic (exact) mass is 952 g/mol. The van der Waals surface area contributed by atoms with E-state index in [-0.39, 0.29) is 34.5 Å². The molecule has 0 saturated heterocycles. The Morgan fingerprint density at radius 3 is 1.24 bits per heavy atom. The molecule has 0 spiro atoms. The fourth-order valence-corrected chi connectivity index (χ4v) is 16.5. The number of pyridine rings is 2. The molecule has 7 aliphatic rings. The number of benzene rings is 7. The SMILES string of the molecule is CC(C)(C)c1cc2c3c4c(ncc3n3c5cc6c7cc(C(C)(C)C)cc8c9c%10c(ncc9n(c6c(CC6CCCC6)c5c(c1)c23)c78)C1c2ccccc2C%10c2ccccc21)C1c2ccccc2C4c2ccccc21. The Morgan fingerprint density at radius 1 is 0.419 bits per heavy atom. The standard InChI is InChI=1S/C70H56N4/c1-69(2,3)36-28-46-47-32-52-55(49-29-37(70(4,5)6)31-51-60-53(73(52)68(49)51)33-71-64-58-42-23-13-9-19-38(42)56(62(60)64)39-20-10-14-24-43(39)58)48(27-35-17-7-8-18-35)67(47)74-54-34-72-65-59-44-25-15-11-21-40(44)57(41-22-12-16-26-45(41)59)63(65)61(54)50(30-36)66(46)74/h9-16,19-26,28-35,56-59H,7-8,17-18,27H2,1-6H3. The Morgan fingerprint density at radius 2 is 0.797 bits per heavy atom. The van der Waals surface area contributed by atoms with Crippen LogP contribution < -0.4 is 0 Å². The highest BCUT2D eigenvalue weighted by molar-refractivity contribution is 6.31. The highest BCUT2D eigenvalue weighted by Gasteiger charge is 2.46. The van der Waals surface area contributed by atoms with Gasteiger partial charge >= 0.3 is 0 Å². The molecular formula is C70H56N4. The molecule has 1 fully saturated rings. The number of aromatic nitrogens is 4. The van der Waals surface area contributed by atoms with Gasteiger partial charge in [-0.1, -0.05) is 164 Å². The van der Waals surface area contributed by atoms with Gasteiger partial charge in [0.25, 0.3) is 0 Å². The Bertz CT molecular complexity index is 4590. The van der Waals surface area contributed by atoms with Crippen LogP contribution in [-0.4, -0.2) is 18.8 Å². The van der Waals surface area contributed by atoms with Crippen molar-refractivity contribution in [1.82, 2.24) is 18.8 Å². The van der Waals surface area contributed by atoms with Crippen LogP contribution >= 0.6 is 0 Å². The van der Waals surface area contributed by atoms with Crippen LogP contribution in [0.2, 0.25) is 0 Å². The first-order valence-corrected chi connectivity index (χ1v) is 27.6. The molecule has 6 heterocycles. The minimum atomic E-state index is -0.0702. The van der Waals surface area contributed by atoms with Crippen molar-refractivity contribution in [1.29, 1.82) is 0 Å². The largest absolute Gasteiger partial charge is 0.306 e. The molecule has 0 unspecified atom stereocenters. The quantitative estimate of drug-likeness (QED) is 0.173. The molecule has 0 aliphatic heterocycles. The third-order valence-corrected chi connectivity index (χ3v) is 19.6. The van der Waals surface area contributed by atoms with E-state index in [4.69, 9.17) is 9.97 Å². The van der Waals surface area contributed by atoms with Crippen LogP contribution in [0.4, 0.5) is 0 Å². The molecule has 7 aliphatic carbocycles. The molecule has 4 bridgehead atoms. The third-order valence-electron chi connectivity index (χ3n) is 19.6. The second-order valence-corrected chi connectivity index (χ2v) is 25.4. The van der Waals surface area contributed by atoms with E-state index < -0.39 is 0 Å². The van der Waals surface area contributed by atoms with Crippen LogP contribution in [0, 0.1) is 5.92 Å². The van der Waals surface area contributed by atoms with Gasteiger partial charge in [-0.15, -0.1) is 0 Å². The van der Waals surface area contributed by atoms with Crippen LogP contribution in [0.15, 0.2) is 140 Å². The van der Waals surface area contributed by atoms with Crippen LogP contribution in [0.5, 0.6) is 0 Å². The molecule has 4 heteroatoms. The highest BCUT2D eigenvalue weighted by atomic mass is 15.0. The summed E-state index contributed by atoms with van der Waals surface area (Å²) in [5.74, 6) is 1.12. The molecule has 4 nitrogen and oxygen atoms in total. The molecule has 1 saturated carbocycles. The van der Waals surface area contributed by atoms with Crippen molar-refractivity contribution >= 4 is 76.2 Å². The minimum Gasteiger partial charge on any atom is -0.306 e. The summed E-state index contributed by atoms with van der Waals surface area (Å²) >= 11 is 0.